The zero-order valence-electron chi connectivity index (χ0n) is 9.95. The fourth-order valence-corrected chi connectivity index (χ4v) is 1.28. The lowest BCUT2D eigenvalue weighted by molar-refractivity contribution is -0.124. The van der Waals surface area contributed by atoms with Crippen LogP contribution in [0.15, 0.2) is 18.2 Å². The second-order valence-electron chi connectivity index (χ2n) is 3.72. The quantitative estimate of drug-likeness (QED) is 0.808. The summed E-state index contributed by atoms with van der Waals surface area (Å²) < 4.78 is 30.7. The molecule has 0 spiro atoms. The highest BCUT2D eigenvalue weighted by Gasteiger charge is 2.11. The summed E-state index contributed by atoms with van der Waals surface area (Å²) in [4.78, 5) is 11.4. The highest BCUT2D eigenvalue weighted by atomic mass is 19.1. The SMILES string of the molecule is CCC(CO)NC(=O)COc1ccc(F)cc1F. The number of amides is 1. The number of hydrogen-bond donors (Lipinski definition) is 2. The molecule has 18 heavy (non-hydrogen) atoms. The topological polar surface area (TPSA) is 58.6 Å². The van der Waals surface area contributed by atoms with Gasteiger partial charge in [-0.05, 0) is 18.6 Å². The monoisotopic (exact) mass is 259 g/mol. The molecule has 100 valence electrons. The Morgan fingerprint density at radius 3 is 2.78 bits per heavy atom. The van der Waals surface area contributed by atoms with Crippen LogP contribution in [-0.2, 0) is 4.79 Å². The van der Waals surface area contributed by atoms with Crippen molar-refractivity contribution in [3.8, 4) is 5.75 Å². The van der Waals surface area contributed by atoms with E-state index in [0.717, 1.165) is 12.1 Å². The molecule has 1 unspecified atom stereocenters. The predicted molar refractivity (Wildman–Crippen MR) is 61.2 cm³/mol. The molecule has 1 atom stereocenters. The number of ether oxygens (including phenoxy) is 1. The Hall–Kier alpha value is -1.69. The molecule has 0 bridgehead atoms. The van der Waals surface area contributed by atoms with Crippen molar-refractivity contribution < 1.29 is 23.4 Å². The zero-order valence-corrected chi connectivity index (χ0v) is 9.95. The molecular formula is C12H15F2NO3. The van der Waals surface area contributed by atoms with E-state index in [-0.39, 0.29) is 25.0 Å². The largest absolute Gasteiger partial charge is 0.481 e. The van der Waals surface area contributed by atoms with Gasteiger partial charge in [-0.2, -0.15) is 0 Å². The van der Waals surface area contributed by atoms with Crippen molar-refractivity contribution in [3.05, 3.63) is 29.8 Å². The average molecular weight is 259 g/mol. The molecule has 0 aliphatic rings. The van der Waals surface area contributed by atoms with Gasteiger partial charge in [-0.1, -0.05) is 6.92 Å². The summed E-state index contributed by atoms with van der Waals surface area (Å²) in [6.45, 7) is 1.24. The van der Waals surface area contributed by atoms with E-state index in [1.807, 2.05) is 6.92 Å². The van der Waals surface area contributed by atoms with Crippen LogP contribution in [0.2, 0.25) is 0 Å². The van der Waals surface area contributed by atoms with E-state index in [0.29, 0.717) is 12.5 Å². The van der Waals surface area contributed by atoms with Crippen molar-refractivity contribution in [3.63, 3.8) is 0 Å². The van der Waals surface area contributed by atoms with Crippen LogP contribution in [0.25, 0.3) is 0 Å². The van der Waals surface area contributed by atoms with Crippen molar-refractivity contribution >= 4 is 5.91 Å². The lowest BCUT2D eigenvalue weighted by Crippen LogP contribution is -2.39. The molecule has 1 aromatic carbocycles. The molecule has 6 heteroatoms. The van der Waals surface area contributed by atoms with E-state index in [9.17, 15) is 13.6 Å². The fraction of sp³-hybridized carbons (Fsp3) is 0.417. The molecule has 0 saturated heterocycles. The van der Waals surface area contributed by atoms with Gasteiger partial charge in [0.1, 0.15) is 5.82 Å². The van der Waals surface area contributed by atoms with Crippen LogP contribution in [0.1, 0.15) is 13.3 Å². The van der Waals surface area contributed by atoms with Gasteiger partial charge in [-0.25, -0.2) is 8.78 Å². The number of carbonyl (C=O) groups is 1. The fourth-order valence-electron chi connectivity index (χ4n) is 1.28. The third-order valence-corrected chi connectivity index (χ3v) is 2.33. The molecule has 1 rings (SSSR count). The zero-order chi connectivity index (χ0) is 13.5. The smallest absolute Gasteiger partial charge is 0.258 e. The number of nitrogens with one attached hydrogen (secondary N) is 1. The minimum Gasteiger partial charge on any atom is -0.481 e. The van der Waals surface area contributed by atoms with Crippen LogP contribution in [0.4, 0.5) is 8.78 Å². The van der Waals surface area contributed by atoms with E-state index >= 15 is 0 Å². The van der Waals surface area contributed by atoms with E-state index in [2.05, 4.69) is 5.32 Å². The van der Waals surface area contributed by atoms with Crippen LogP contribution in [0.3, 0.4) is 0 Å². The predicted octanol–water partition coefficient (Wildman–Crippen LogP) is 1.23. The van der Waals surface area contributed by atoms with Gasteiger partial charge in [0.05, 0.1) is 12.6 Å². The van der Waals surface area contributed by atoms with Gasteiger partial charge in [0.15, 0.2) is 18.2 Å². The van der Waals surface area contributed by atoms with Crippen molar-refractivity contribution in [2.24, 2.45) is 0 Å². The van der Waals surface area contributed by atoms with Gasteiger partial charge in [-0.15, -0.1) is 0 Å². The molecule has 0 radical (unpaired) electrons. The lowest BCUT2D eigenvalue weighted by Gasteiger charge is -2.14. The maximum Gasteiger partial charge on any atom is 0.258 e. The average Bonchev–Trinajstić information content (AvgIpc) is 2.35. The first kappa shape index (κ1) is 14.4. The summed E-state index contributed by atoms with van der Waals surface area (Å²) in [5.41, 5.74) is 0. The van der Waals surface area contributed by atoms with Crippen LogP contribution in [-0.4, -0.2) is 30.3 Å². The molecule has 0 saturated carbocycles. The van der Waals surface area contributed by atoms with Gasteiger partial charge in [0.2, 0.25) is 0 Å². The van der Waals surface area contributed by atoms with Crippen LogP contribution in [0, 0.1) is 11.6 Å². The Morgan fingerprint density at radius 2 is 2.22 bits per heavy atom. The minimum atomic E-state index is -0.864. The maximum absolute atomic E-state index is 13.2. The number of halogens is 2. The number of rotatable bonds is 6. The number of hydrogen-bond acceptors (Lipinski definition) is 3. The van der Waals surface area contributed by atoms with E-state index in [1.165, 1.54) is 0 Å². The van der Waals surface area contributed by atoms with Crippen molar-refractivity contribution in [1.82, 2.24) is 5.32 Å². The Morgan fingerprint density at radius 1 is 1.50 bits per heavy atom. The van der Waals surface area contributed by atoms with E-state index < -0.39 is 17.5 Å². The lowest BCUT2D eigenvalue weighted by atomic mass is 10.2. The molecule has 2 N–H and O–H groups in total. The molecule has 0 aliphatic carbocycles. The Kier molecular flexibility index (Phi) is 5.51. The number of aliphatic hydroxyl groups excluding tert-OH is 1. The first-order valence-electron chi connectivity index (χ1n) is 5.54. The van der Waals surface area contributed by atoms with E-state index in [4.69, 9.17) is 9.84 Å². The summed E-state index contributed by atoms with van der Waals surface area (Å²) in [7, 11) is 0. The molecule has 0 heterocycles. The van der Waals surface area contributed by atoms with Crippen molar-refractivity contribution in [2.75, 3.05) is 13.2 Å². The van der Waals surface area contributed by atoms with Gasteiger partial charge in [0.25, 0.3) is 5.91 Å². The molecule has 1 amide bonds. The van der Waals surface area contributed by atoms with Crippen LogP contribution >= 0.6 is 0 Å². The first-order valence-corrected chi connectivity index (χ1v) is 5.54. The van der Waals surface area contributed by atoms with Gasteiger partial charge in [0, 0.05) is 6.07 Å². The van der Waals surface area contributed by atoms with E-state index in [1.54, 1.807) is 0 Å². The highest BCUT2D eigenvalue weighted by Crippen LogP contribution is 2.17. The Bertz CT molecular complexity index is 408. The summed E-state index contributed by atoms with van der Waals surface area (Å²) in [5.74, 6) is -2.24. The van der Waals surface area contributed by atoms with Crippen molar-refractivity contribution in [2.45, 2.75) is 19.4 Å². The Labute approximate surface area is 104 Å². The summed E-state index contributed by atoms with van der Waals surface area (Å²) >= 11 is 0. The molecule has 0 aliphatic heterocycles. The number of benzene rings is 1. The standard InChI is InChI=1S/C12H15F2NO3/c1-2-9(6-16)15-12(17)7-18-11-4-3-8(13)5-10(11)14/h3-5,9,16H,2,6-7H2,1H3,(H,15,17). The van der Waals surface area contributed by atoms with Crippen molar-refractivity contribution in [1.29, 1.82) is 0 Å². The van der Waals surface area contributed by atoms with Gasteiger partial charge in [-0.3, -0.25) is 4.79 Å². The normalized spacial score (nSPS) is 12.0. The van der Waals surface area contributed by atoms with Gasteiger partial charge < -0.3 is 15.2 Å². The molecular weight excluding hydrogens is 244 g/mol. The highest BCUT2D eigenvalue weighted by molar-refractivity contribution is 5.77. The second-order valence-corrected chi connectivity index (χ2v) is 3.72. The number of aliphatic hydroxyl groups is 1. The third-order valence-electron chi connectivity index (χ3n) is 2.33. The number of carbonyl (C=O) groups excluding carboxylic acids is 1. The minimum absolute atomic E-state index is 0.173. The summed E-state index contributed by atoms with van der Waals surface area (Å²) in [6, 6.07) is 2.48. The Balaban J connectivity index is 2.47. The molecule has 0 aromatic heterocycles. The molecule has 1 aromatic rings. The third kappa shape index (κ3) is 4.29. The molecule has 0 fully saturated rings. The van der Waals surface area contributed by atoms with Crippen LogP contribution in [0.5, 0.6) is 5.75 Å². The molecule has 4 nitrogen and oxygen atoms in total. The first-order chi connectivity index (χ1) is 8.56. The summed E-state index contributed by atoms with van der Waals surface area (Å²) in [6.07, 6.45) is 0.577. The van der Waals surface area contributed by atoms with Gasteiger partial charge >= 0.3 is 0 Å². The second kappa shape index (κ2) is 6.90. The maximum atomic E-state index is 13.2. The summed E-state index contributed by atoms with van der Waals surface area (Å²) in [5, 5.41) is 11.4. The van der Waals surface area contributed by atoms with Crippen LogP contribution < -0.4 is 10.1 Å².